The molecule has 6 heteroatoms. The Morgan fingerprint density at radius 3 is 2.12 bits per heavy atom. The molecule has 4 rings (SSSR count). The highest BCUT2D eigenvalue weighted by Gasteiger charge is 2.43. The third-order valence-electron chi connectivity index (χ3n) is 4.41. The Morgan fingerprint density at radius 1 is 0.917 bits per heavy atom. The number of benzene rings is 1. The van der Waals surface area contributed by atoms with Crippen LogP contribution in [-0.2, 0) is 4.74 Å². The Labute approximate surface area is 139 Å². The van der Waals surface area contributed by atoms with Crippen LogP contribution in [0.15, 0.2) is 48.7 Å². The monoisotopic (exact) mass is 323 g/mol. The van der Waals surface area contributed by atoms with Crippen molar-refractivity contribution in [3.8, 4) is 0 Å². The molecule has 2 aromatic rings. The molecule has 2 amide bonds. The minimum Gasteiger partial charge on any atom is -0.379 e. The molecule has 0 spiro atoms. The zero-order chi connectivity index (χ0) is 16.5. The van der Waals surface area contributed by atoms with Crippen LogP contribution in [-0.4, -0.2) is 52.9 Å². The lowest BCUT2D eigenvalue weighted by molar-refractivity contribution is -0.0227. The van der Waals surface area contributed by atoms with E-state index in [1.54, 1.807) is 30.5 Å². The largest absolute Gasteiger partial charge is 0.379 e. The Balaban J connectivity index is 1.77. The number of pyridine rings is 1. The predicted molar refractivity (Wildman–Crippen MR) is 86.3 cm³/mol. The fraction of sp³-hybridized carbons (Fsp3) is 0.278. The molecule has 1 atom stereocenters. The molecule has 24 heavy (non-hydrogen) atoms. The number of rotatable bonds is 3. The van der Waals surface area contributed by atoms with Gasteiger partial charge in [0.1, 0.15) is 6.17 Å². The first kappa shape index (κ1) is 15.0. The van der Waals surface area contributed by atoms with E-state index in [0.29, 0.717) is 43.1 Å². The molecule has 3 heterocycles. The summed E-state index contributed by atoms with van der Waals surface area (Å²) in [6.45, 7) is 2.45. The summed E-state index contributed by atoms with van der Waals surface area (Å²) in [6, 6.07) is 12.5. The molecule has 0 radical (unpaired) electrons. The zero-order valence-electron chi connectivity index (χ0n) is 13.1. The van der Waals surface area contributed by atoms with Gasteiger partial charge in [-0.1, -0.05) is 18.2 Å². The second-order valence-electron chi connectivity index (χ2n) is 5.80. The van der Waals surface area contributed by atoms with Crippen molar-refractivity contribution in [1.29, 1.82) is 0 Å². The van der Waals surface area contributed by atoms with Crippen molar-refractivity contribution in [2.45, 2.75) is 6.17 Å². The van der Waals surface area contributed by atoms with Crippen molar-refractivity contribution in [2.75, 3.05) is 26.3 Å². The Kier molecular flexibility index (Phi) is 3.84. The van der Waals surface area contributed by atoms with Gasteiger partial charge >= 0.3 is 0 Å². The first-order valence-electron chi connectivity index (χ1n) is 7.97. The minimum absolute atomic E-state index is 0.266. The van der Waals surface area contributed by atoms with E-state index in [2.05, 4.69) is 9.88 Å². The normalized spacial score (nSPS) is 19.4. The van der Waals surface area contributed by atoms with Crippen LogP contribution in [0.4, 0.5) is 0 Å². The molecule has 2 aliphatic heterocycles. The number of fused-ring (bicyclic) bond motifs is 1. The van der Waals surface area contributed by atoms with Crippen molar-refractivity contribution >= 4 is 11.8 Å². The molecule has 0 bridgehead atoms. The summed E-state index contributed by atoms with van der Waals surface area (Å²) in [7, 11) is 0. The molecule has 0 aliphatic carbocycles. The number of hydrogen-bond donors (Lipinski definition) is 0. The van der Waals surface area contributed by atoms with E-state index in [4.69, 9.17) is 4.74 Å². The summed E-state index contributed by atoms with van der Waals surface area (Å²) in [5.74, 6) is -0.532. The Bertz CT molecular complexity index is 737. The zero-order valence-corrected chi connectivity index (χ0v) is 13.1. The number of carbonyl (C=O) groups is 2. The van der Waals surface area contributed by atoms with Gasteiger partial charge in [-0.15, -0.1) is 0 Å². The number of morpholine rings is 1. The molecular weight excluding hydrogens is 306 g/mol. The average molecular weight is 323 g/mol. The SMILES string of the molecule is O=C1c2ccccc2C(=O)N1C(c1ccccn1)N1CCOCC1. The molecule has 6 nitrogen and oxygen atoms in total. The molecule has 1 aromatic carbocycles. The summed E-state index contributed by atoms with van der Waals surface area (Å²) < 4.78 is 5.41. The fourth-order valence-electron chi connectivity index (χ4n) is 3.26. The maximum Gasteiger partial charge on any atom is 0.263 e. The van der Waals surface area contributed by atoms with Crippen LogP contribution >= 0.6 is 0 Å². The van der Waals surface area contributed by atoms with Gasteiger partial charge in [0, 0.05) is 19.3 Å². The highest BCUT2D eigenvalue weighted by molar-refractivity contribution is 6.21. The average Bonchev–Trinajstić information content (AvgIpc) is 2.90. The maximum absolute atomic E-state index is 12.9. The number of carbonyl (C=O) groups excluding carboxylic acids is 2. The summed E-state index contributed by atoms with van der Waals surface area (Å²) in [4.78, 5) is 33.6. The summed E-state index contributed by atoms with van der Waals surface area (Å²) in [6.07, 6.45) is 1.17. The lowest BCUT2D eigenvalue weighted by atomic mass is 10.1. The lowest BCUT2D eigenvalue weighted by Crippen LogP contribution is -2.49. The van der Waals surface area contributed by atoms with Crippen LogP contribution in [0.3, 0.4) is 0 Å². The third kappa shape index (κ3) is 2.40. The first-order chi connectivity index (χ1) is 11.8. The number of ether oxygens (including phenoxy) is 1. The van der Waals surface area contributed by atoms with Crippen LogP contribution in [0.5, 0.6) is 0 Å². The smallest absolute Gasteiger partial charge is 0.263 e. The first-order valence-corrected chi connectivity index (χ1v) is 7.97. The number of imide groups is 1. The van der Waals surface area contributed by atoms with Crippen LogP contribution in [0.2, 0.25) is 0 Å². The van der Waals surface area contributed by atoms with Crippen molar-refractivity contribution in [3.63, 3.8) is 0 Å². The van der Waals surface area contributed by atoms with Gasteiger partial charge in [0.25, 0.3) is 11.8 Å². The van der Waals surface area contributed by atoms with E-state index >= 15 is 0 Å². The molecular formula is C18H17N3O3. The van der Waals surface area contributed by atoms with Crippen LogP contribution < -0.4 is 0 Å². The third-order valence-corrected chi connectivity index (χ3v) is 4.41. The van der Waals surface area contributed by atoms with Crippen molar-refractivity contribution in [2.24, 2.45) is 0 Å². The van der Waals surface area contributed by atoms with Crippen molar-refractivity contribution in [1.82, 2.24) is 14.8 Å². The Morgan fingerprint density at radius 2 is 1.54 bits per heavy atom. The number of aromatic nitrogens is 1. The molecule has 122 valence electrons. The summed E-state index contributed by atoms with van der Waals surface area (Å²) >= 11 is 0. The standard InChI is InChI=1S/C18H17N3O3/c22-17-13-5-1-2-6-14(13)18(23)21(17)16(15-7-3-4-8-19-15)20-9-11-24-12-10-20/h1-8,16H,9-12H2. The number of hydrogen-bond acceptors (Lipinski definition) is 5. The maximum atomic E-state index is 12.9. The lowest BCUT2D eigenvalue weighted by Gasteiger charge is -2.38. The number of amides is 2. The van der Waals surface area contributed by atoms with Gasteiger partial charge in [-0.2, -0.15) is 0 Å². The van der Waals surface area contributed by atoms with E-state index in [-0.39, 0.29) is 11.8 Å². The van der Waals surface area contributed by atoms with Gasteiger partial charge in [0.15, 0.2) is 0 Å². The highest BCUT2D eigenvalue weighted by atomic mass is 16.5. The van der Waals surface area contributed by atoms with Gasteiger partial charge in [0.05, 0.1) is 30.0 Å². The predicted octanol–water partition coefficient (Wildman–Crippen LogP) is 1.71. The van der Waals surface area contributed by atoms with Gasteiger partial charge in [-0.3, -0.25) is 24.4 Å². The molecule has 1 fully saturated rings. The second-order valence-corrected chi connectivity index (χ2v) is 5.80. The Hall–Kier alpha value is -2.57. The fourth-order valence-corrected chi connectivity index (χ4v) is 3.26. The van der Waals surface area contributed by atoms with Crippen LogP contribution in [0.25, 0.3) is 0 Å². The molecule has 2 aliphatic rings. The van der Waals surface area contributed by atoms with Gasteiger partial charge in [-0.25, -0.2) is 0 Å². The van der Waals surface area contributed by atoms with Gasteiger partial charge in [0.2, 0.25) is 0 Å². The van der Waals surface area contributed by atoms with Gasteiger partial charge < -0.3 is 4.74 Å². The van der Waals surface area contributed by atoms with E-state index in [9.17, 15) is 9.59 Å². The minimum atomic E-state index is -0.512. The topological polar surface area (TPSA) is 62.7 Å². The molecule has 1 unspecified atom stereocenters. The molecule has 0 N–H and O–H groups in total. The van der Waals surface area contributed by atoms with Gasteiger partial charge in [-0.05, 0) is 24.3 Å². The molecule has 0 saturated carbocycles. The molecule has 1 aromatic heterocycles. The molecule has 1 saturated heterocycles. The van der Waals surface area contributed by atoms with Crippen molar-refractivity contribution < 1.29 is 14.3 Å². The van der Waals surface area contributed by atoms with E-state index in [1.165, 1.54) is 4.90 Å². The summed E-state index contributed by atoms with van der Waals surface area (Å²) in [5.41, 5.74) is 1.60. The van der Waals surface area contributed by atoms with Crippen LogP contribution in [0.1, 0.15) is 32.6 Å². The van der Waals surface area contributed by atoms with E-state index < -0.39 is 6.17 Å². The second kappa shape index (κ2) is 6.14. The van der Waals surface area contributed by atoms with E-state index in [0.717, 1.165) is 0 Å². The number of nitrogens with zero attached hydrogens (tertiary/aromatic N) is 3. The van der Waals surface area contributed by atoms with Crippen LogP contribution in [0, 0.1) is 0 Å². The highest BCUT2D eigenvalue weighted by Crippen LogP contribution is 2.33. The quantitative estimate of drug-likeness (QED) is 0.805. The summed E-state index contributed by atoms with van der Waals surface area (Å²) in [5, 5.41) is 0. The van der Waals surface area contributed by atoms with E-state index in [1.807, 2.05) is 18.2 Å². The van der Waals surface area contributed by atoms with Crippen molar-refractivity contribution in [3.05, 3.63) is 65.5 Å².